The molecule has 174 valence electrons. The summed E-state index contributed by atoms with van der Waals surface area (Å²) in [5.41, 5.74) is 3.57. The van der Waals surface area contributed by atoms with Crippen LogP contribution in [0.15, 0.2) is 66.9 Å². The molecule has 1 aliphatic heterocycles. The van der Waals surface area contributed by atoms with Crippen LogP contribution in [-0.4, -0.2) is 40.8 Å². The van der Waals surface area contributed by atoms with Crippen LogP contribution in [0, 0.1) is 0 Å². The number of nitrogens with zero attached hydrogens (tertiary/aromatic N) is 3. The minimum absolute atomic E-state index is 0.187. The molecule has 1 fully saturated rings. The highest BCUT2D eigenvalue weighted by Gasteiger charge is 2.25. The summed E-state index contributed by atoms with van der Waals surface area (Å²) >= 11 is 0. The largest absolute Gasteiger partial charge is 0.367 e. The second-order valence-corrected chi connectivity index (χ2v) is 9.08. The molecule has 1 aliphatic rings. The van der Waals surface area contributed by atoms with Gasteiger partial charge in [0, 0.05) is 32.8 Å². The van der Waals surface area contributed by atoms with Crippen LogP contribution in [0.25, 0.3) is 0 Å². The van der Waals surface area contributed by atoms with E-state index >= 15 is 0 Å². The highest BCUT2D eigenvalue weighted by atomic mass is 16.5. The topological polar surface area (TPSA) is 59.4 Å². The zero-order chi connectivity index (χ0) is 23.2. The maximum atomic E-state index is 12.9. The van der Waals surface area contributed by atoms with Gasteiger partial charge < -0.3 is 10.1 Å². The molecule has 1 amide bonds. The Morgan fingerprint density at radius 1 is 1.03 bits per heavy atom. The van der Waals surface area contributed by atoms with E-state index in [-0.39, 0.29) is 11.9 Å². The van der Waals surface area contributed by atoms with Gasteiger partial charge in [0.2, 0.25) is 0 Å². The van der Waals surface area contributed by atoms with Gasteiger partial charge >= 0.3 is 0 Å². The molecule has 0 radical (unpaired) electrons. The molecule has 3 aromatic rings. The zero-order valence-electron chi connectivity index (χ0n) is 19.8. The van der Waals surface area contributed by atoms with Gasteiger partial charge in [0.25, 0.3) is 5.91 Å². The third-order valence-corrected chi connectivity index (χ3v) is 6.45. The Bertz CT molecular complexity index is 1020. The van der Waals surface area contributed by atoms with E-state index in [0.29, 0.717) is 5.92 Å². The Morgan fingerprint density at radius 2 is 1.73 bits per heavy atom. The number of carbonyl (C=O) groups excluding carboxylic acids is 1. The van der Waals surface area contributed by atoms with Gasteiger partial charge in [-0.05, 0) is 35.4 Å². The molecule has 0 bridgehead atoms. The standard InChI is InChI=1S/C27H34N4O2/c1-20(2)22-11-9-21(10-12-22)19-30-17-14-24(15-18-30)31-25(13-16-28-31)29-27(32)26(33-3)23-7-5-4-6-8-23/h4-13,16,20,24,26H,14-15,17-19H2,1-3H3,(H,29,32)/t26-/m0/s1. The Labute approximate surface area is 196 Å². The number of benzene rings is 2. The van der Waals surface area contributed by atoms with Crippen molar-refractivity contribution in [3.05, 3.63) is 83.6 Å². The monoisotopic (exact) mass is 446 g/mol. The van der Waals surface area contributed by atoms with Crippen molar-refractivity contribution in [3.8, 4) is 0 Å². The fraction of sp³-hybridized carbons (Fsp3) is 0.407. The molecule has 4 rings (SSSR count). The van der Waals surface area contributed by atoms with Crippen LogP contribution in [0.5, 0.6) is 0 Å². The first-order valence-electron chi connectivity index (χ1n) is 11.8. The Morgan fingerprint density at radius 3 is 2.36 bits per heavy atom. The maximum absolute atomic E-state index is 12.9. The summed E-state index contributed by atoms with van der Waals surface area (Å²) in [6.45, 7) is 7.44. The number of likely N-dealkylation sites (tertiary alicyclic amines) is 1. The van der Waals surface area contributed by atoms with Gasteiger partial charge in [-0.2, -0.15) is 5.10 Å². The molecule has 0 unspecified atom stereocenters. The van der Waals surface area contributed by atoms with E-state index in [1.165, 1.54) is 11.1 Å². The van der Waals surface area contributed by atoms with Crippen molar-refractivity contribution in [1.82, 2.24) is 14.7 Å². The van der Waals surface area contributed by atoms with Crippen molar-refractivity contribution in [3.63, 3.8) is 0 Å². The van der Waals surface area contributed by atoms with Crippen LogP contribution >= 0.6 is 0 Å². The lowest BCUT2D eigenvalue weighted by Crippen LogP contribution is -2.35. The van der Waals surface area contributed by atoms with Crippen LogP contribution in [0.2, 0.25) is 0 Å². The van der Waals surface area contributed by atoms with Crippen molar-refractivity contribution < 1.29 is 9.53 Å². The normalized spacial score (nSPS) is 16.1. The second-order valence-electron chi connectivity index (χ2n) is 9.08. The first-order valence-corrected chi connectivity index (χ1v) is 11.8. The summed E-state index contributed by atoms with van der Waals surface area (Å²) in [5, 5.41) is 7.55. The third kappa shape index (κ3) is 5.70. The maximum Gasteiger partial charge on any atom is 0.259 e. The molecule has 1 atom stereocenters. The first kappa shape index (κ1) is 23.2. The predicted octanol–water partition coefficient (Wildman–Crippen LogP) is 5.17. The van der Waals surface area contributed by atoms with Gasteiger partial charge in [0.15, 0.2) is 6.10 Å². The molecule has 1 saturated heterocycles. The lowest BCUT2D eigenvalue weighted by atomic mass is 10.0. The van der Waals surface area contributed by atoms with E-state index < -0.39 is 6.10 Å². The molecule has 2 aromatic carbocycles. The summed E-state index contributed by atoms with van der Waals surface area (Å²) in [7, 11) is 1.56. The highest BCUT2D eigenvalue weighted by Crippen LogP contribution is 2.27. The molecular formula is C27H34N4O2. The van der Waals surface area contributed by atoms with Crippen molar-refractivity contribution in [2.24, 2.45) is 0 Å². The van der Waals surface area contributed by atoms with E-state index in [0.717, 1.165) is 43.9 Å². The molecule has 1 aromatic heterocycles. The molecule has 6 nitrogen and oxygen atoms in total. The van der Waals surface area contributed by atoms with E-state index in [1.54, 1.807) is 13.3 Å². The average molecular weight is 447 g/mol. The molecular weight excluding hydrogens is 412 g/mol. The van der Waals surface area contributed by atoms with Crippen molar-refractivity contribution >= 4 is 11.7 Å². The van der Waals surface area contributed by atoms with Gasteiger partial charge in [-0.15, -0.1) is 0 Å². The van der Waals surface area contributed by atoms with Gasteiger partial charge in [-0.25, -0.2) is 4.68 Å². The Kier molecular flexibility index (Phi) is 7.57. The molecule has 0 spiro atoms. The van der Waals surface area contributed by atoms with E-state index in [2.05, 4.69) is 53.4 Å². The van der Waals surface area contributed by atoms with E-state index in [1.807, 2.05) is 41.1 Å². The minimum Gasteiger partial charge on any atom is -0.367 e. The number of nitrogens with one attached hydrogen (secondary N) is 1. The SMILES string of the molecule is CO[C@H](C(=O)Nc1ccnn1C1CCN(Cc2ccc(C(C)C)cc2)CC1)c1ccccc1. The number of methoxy groups -OCH3 is 1. The number of rotatable bonds is 8. The Hall–Kier alpha value is -2.96. The van der Waals surface area contributed by atoms with Crippen LogP contribution < -0.4 is 5.32 Å². The number of amides is 1. The predicted molar refractivity (Wildman–Crippen MR) is 131 cm³/mol. The number of hydrogen-bond donors (Lipinski definition) is 1. The van der Waals surface area contributed by atoms with Gasteiger partial charge in [-0.3, -0.25) is 9.69 Å². The fourth-order valence-electron chi connectivity index (χ4n) is 4.51. The van der Waals surface area contributed by atoms with E-state index in [9.17, 15) is 4.79 Å². The molecule has 6 heteroatoms. The summed E-state index contributed by atoms with van der Waals surface area (Å²) in [4.78, 5) is 15.4. The smallest absolute Gasteiger partial charge is 0.259 e. The molecule has 0 aliphatic carbocycles. The van der Waals surface area contributed by atoms with Crippen LogP contribution in [0.3, 0.4) is 0 Å². The summed E-state index contributed by atoms with van der Waals surface area (Å²) in [6, 6.07) is 20.7. The molecule has 1 N–H and O–H groups in total. The van der Waals surface area contributed by atoms with Crippen molar-refractivity contribution in [1.29, 1.82) is 0 Å². The number of anilines is 1. The number of hydrogen-bond acceptors (Lipinski definition) is 4. The fourth-order valence-corrected chi connectivity index (χ4v) is 4.51. The minimum atomic E-state index is -0.654. The first-order chi connectivity index (χ1) is 16.0. The molecule has 33 heavy (non-hydrogen) atoms. The number of piperidine rings is 1. The average Bonchev–Trinajstić information content (AvgIpc) is 3.29. The van der Waals surface area contributed by atoms with Gasteiger partial charge in [0.1, 0.15) is 5.82 Å². The summed E-state index contributed by atoms with van der Waals surface area (Å²) in [6.07, 6.45) is 3.10. The van der Waals surface area contributed by atoms with Crippen molar-refractivity contribution in [2.45, 2.75) is 51.3 Å². The quantitative estimate of drug-likeness (QED) is 0.519. The van der Waals surface area contributed by atoms with Crippen molar-refractivity contribution in [2.75, 3.05) is 25.5 Å². The molecule has 2 heterocycles. The lowest BCUT2D eigenvalue weighted by molar-refractivity contribution is -0.126. The lowest BCUT2D eigenvalue weighted by Gasteiger charge is -2.32. The number of aromatic nitrogens is 2. The highest BCUT2D eigenvalue weighted by molar-refractivity contribution is 5.94. The van der Waals surface area contributed by atoms with Gasteiger partial charge in [-0.1, -0.05) is 68.4 Å². The Balaban J connectivity index is 1.34. The summed E-state index contributed by atoms with van der Waals surface area (Å²) in [5.74, 6) is 1.10. The second kappa shape index (κ2) is 10.8. The van der Waals surface area contributed by atoms with Crippen LogP contribution in [0.4, 0.5) is 5.82 Å². The van der Waals surface area contributed by atoms with E-state index in [4.69, 9.17) is 4.74 Å². The van der Waals surface area contributed by atoms with Crippen LogP contribution in [-0.2, 0) is 16.1 Å². The van der Waals surface area contributed by atoms with Crippen LogP contribution in [0.1, 0.15) is 61.4 Å². The summed E-state index contributed by atoms with van der Waals surface area (Å²) < 4.78 is 7.44. The van der Waals surface area contributed by atoms with Gasteiger partial charge in [0.05, 0.1) is 12.2 Å². The zero-order valence-corrected chi connectivity index (χ0v) is 19.8. The number of ether oxygens (including phenoxy) is 1. The molecule has 0 saturated carbocycles. The third-order valence-electron chi connectivity index (χ3n) is 6.45. The number of carbonyl (C=O) groups is 1.